The standard InChI is InChI=1S/C11H16N2O2/c1-3-13-11(14)10-7(2)15-9-4-5-12-6-8(9)10/h12H,3-6H2,1-2H3,(H,13,14). The zero-order valence-corrected chi connectivity index (χ0v) is 9.14. The van der Waals surface area contributed by atoms with Crippen molar-refractivity contribution in [2.24, 2.45) is 0 Å². The Morgan fingerprint density at radius 2 is 2.40 bits per heavy atom. The van der Waals surface area contributed by atoms with Gasteiger partial charge in [0.25, 0.3) is 5.91 Å². The summed E-state index contributed by atoms with van der Waals surface area (Å²) >= 11 is 0. The normalized spacial score (nSPS) is 14.8. The molecule has 2 rings (SSSR count). The first-order valence-electron chi connectivity index (χ1n) is 5.34. The van der Waals surface area contributed by atoms with Crippen molar-refractivity contribution >= 4 is 5.91 Å². The van der Waals surface area contributed by atoms with Gasteiger partial charge in [-0.3, -0.25) is 4.79 Å². The Bertz CT molecular complexity index is 382. The molecule has 4 heteroatoms. The van der Waals surface area contributed by atoms with E-state index in [9.17, 15) is 4.79 Å². The van der Waals surface area contributed by atoms with E-state index in [0.717, 1.165) is 42.2 Å². The van der Waals surface area contributed by atoms with Crippen LogP contribution >= 0.6 is 0 Å². The maximum Gasteiger partial charge on any atom is 0.255 e. The molecule has 2 heterocycles. The van der Waals surface area contributed by atoms with E-state index in [1.54, 1.807) is 0 Å². The van der Waals surface area contributed by atoms with E-state index in [-0.39, 0.29) is 5.91 Å². The lowest BCUT2D eigenvalue weighted by Gasteiger charge is -2.12. The van der Waals surface area contributed by atoms with Gasteiger partial charge in [-0.15, -0.1) is 0 Å². The molecule has 0 fully saturated rings. The number of carbonyl (C=O) groups excluding carboxylic acids is 1. The van der Waals surface area contributed by atoms with E-state index in [2.05, 4.69) is 10.6 Å². The molecule has 4 nitrogen and oxygen atoms in total. The molecule has 15 heavy (non-hydrogen) atoms. The van der Waals surface area contributed by atoms with E-state index in [4.69, 9.17) is 4.42 Å². The van der Waals surface area contributed by atoms with Crippen molar-refractivity contribution in [3.05, 3.63) is 22.6 Å². The Morgan fingerprint density at radius 3 is 3.13 bits per heavy atom. The molecular weight excluding hydrogens is 192 g/mol. The maximum atomic E-state index is 11.8. The number of aryl methyl sites for hydroxylation is 1. The van der Waals surface area contributed by atoms with Crippen LogP contribution in [0.1, 0.15) is 34.4 Å². The molecule has 0 saturated heterocycles. The summed E-state index contributed by atoms with van der Waals surface area (Å²) in [5.74, 6) is 1.67. The molecule has 0 spiro atoms. The smallest absolute Gasteiger partial charge is 0.255 e. The summed E-state index contributed by atoms with van der Waals surface area (Å²) in [5.41, 5.74) is 1.75. The molecule has 0 atom stereocenters. The Kier molecular flexibility index (Phi) is 2.77. The Morgan fingerprint density at radius 1 is 1.60 bits per heavy atom. The molecule has 0 saturated carbocycles. The highest BCUT2D eigenvalue weighted by Gasteiger charge is 2.24. The van der Waals surface area contributed by atoms with Gasteiger partial charge < -0.3 is 15.1 Å². The Labute approximate surface area is 89.0 Å². The van der Waals surface area contributed by atoms with Crippen LogP contribution in [0.25, 0.3) is 0 Å². The van der Waals surface area contributed by atoms with Crippen LogP contribution in [0.5, 0.6) is 0 Å². The molecule has 1 amide bonds. The summed E-state index contributed by atoms with van der Waals surface area (Å²) in [6.45, 7) is 6.07. The molecule has 1 aromatic rings. The molecule has 0 radical (unpaired) electrons. The first-order valence-corrected chi connectivity index (χ1v) is 5.34. The molecular formula is C11H16N2O2. The van der Waals surface area contributed by atoms with Crippen molar-refractivity contribution < 1.29 is 9.21 Å². The molecule has 1 aliphatic heterocycles. The SMILES string of the molecule is CCNC(=O)c1c(C)oc2c1CNCC2. The van der Waals surface area contributed by atoms with Gasteiger partial charge in [0.2, 0.25) is 0 Å². The van der Waals surface area contributed by atoms with Gasteiger partial charge in [0, 0.05) is 31.6 Å². The highest BCUT2D eigenvalue weighted by atomic mass is 16.3. The van der Waals surface area contributed by atoms with Crippen molar-refractivity contribution in [2.45, 2.75) is 26.8 Å². The fourth-order valence-corrected chi connectivity index (χ4v) is 2.00. The minimum atomic E-state index is -0.0244. The molecule has 2 N–H and O–H groups in total. The van der Waals surface area contributed by atoms with Crippen LogP contribution in [0.3, 0.4) is 0 Å². The zero-order valence-electron chi connectivity index (χ0n) is 9.14. The molecule has 1 aliphatic rings. The summed E-state index contributed by atoms with van der Waals surface area (Å²) in [6.07, 6.45) is 0.871. The second-order valence-corrected chi connectivity index (χ2v) is 3.72. The molecule has 0 aromatic carbocycles. The number of furan rings is 1. The number of hydrogen-bond acceptors (Lipinski definition) is 3. The summed E-state index contributed by atoms with van der Waals surface area (Å²) in [5, 5.41) is 6.06. The largest absolute Gasteiger partial charge is 0.465 e. The Balaban J connectivity index is 2.37. The van der Waals surface area contributed by atoms with Crippen LogP contribution in [-0.2, 0) is 13.0 Å². The van der Waals surface area contributed by atoms with E-state index in [1.807, 2.05) is 13.8 Å². The van der Waals surface area contributed by atoms with Crippen LogP contribution < -0.4 is 10.6 Å². The fraction of sp³-hybridized carbons (Fsp3) is 0.545. The van der Waals surface area contributed by atoms with E-state index >= 15 is 0 Å². The second kappa shape index (κ2) is 4.06. The van der Waals surface area contributed by atoms with Gasteiger partial charge in [-0.05, 0) is 13.8 Å². The van der Waals surface area contributed by atoms with Gasteiger partial charge >= 0.3 is 0 Å². The van der Waals surface area contributed by atoms with Gasteiger partial charge in [0.05, 0.1) is 5.56 Å². The van der Waals surface area contributed by atoms with Crippen LogP contribution in [-0.4, -0.2) is 19.0 Å². The van der Waals surface area contributed by atoms with E-state index in [0.29, 0.717) is 6.54 Å². The van der Waals surface area contributed by atoms with Gasteiger partial charge in [-0.1, -0.05) is 0 Å². The topological polar surface area (TPSA) is 54.3 Å². The number of nitrogens with one attached hydrogen (secondary N) is 2. The third-order valence-electron chi connectivity index (χ3n) is 2.66. The van der Waals surface area contributed by atoms with Gasteiger partial charge in [-0.2, -0.15) is 0 Å². The van der Waals surface area contributed by atoms with Crippen LogP contribution in [0.4, 0.5) is 0 Å². The van der Waals surface area contributed by atoms with Gasteiger partial charge in [-0.25, -0.2) is 0 Å². The highest BCUT2D eigenvalue weighted by molar-refractivity contribution is 5.97. The van der Waals surface area contributed by atoms with Crippen LogP contribution in [0.15, 0.2) is 4.42 Å². The van der Waals surface area contributed by atoms with Crippen molar-refractivity contribution in [3.8, 4) is 0 Å². The first kappa shape index (κ1) is 10.2. The van der Waals surface area contributed by atoms with Gasteiger partial charge in [0.15, 0.2) is 0 Å². The third-order valence-corrected chi connectivity index (χ3v) is 2.66. The molecule has 1 aromatic heterocycles. The van der Waals surface area contributed by atoms with Gasteiger partial charge in [0.1, 0.15) is 11.5 Å². The lowest BCUT2D eigenvalue weighted by molar-refractivity contribution is 0.0953. The predicted octanol–water partition coefficient (Wildman–Crippen LogP) is 0.983. The molecule has 0 aliphatic carbocycles. The first-order chi connectivity index (χ1) is 7.24. The average Bonchev–Trinajstić information content (AvgIpc) is 2.54. The second-order valence-electron chi connectivity index (χ2n) is 3.72. The fourth-order valence-electron chi connectivity index (χ4n) is 2.00. The quantitative estimate of drug-likeness (QED) is 0.762. The maximum absolute atomic E-state index is 11.8. The molecule has 0 bridgehead atoms. The number of carbonyl (C=O) groups is 1. The summed E-state index contributed by atoms with van der Waals surface area (Å²) < 4.78 is 5.60. The van der Waals surface area contributed by atoms with Crippen molar-refractivity contribution in [1.29, 1.82) is 0 Å². The number of amides is 1. The summed E-state index contributed by atoms with van der Waals surface area (Å²) in [7, 11) is 0. The minimum Gasteiger partial charge on any atom is -0.465 e. The van der Waals surface area contributed by atoms with Crippen molar-refractivity contribution in [3.63, 3.8) is 0 Å². The Hall–Kier alpha value is -1.29. The highest BCUT2D eigenvalue weighted by Crippen LogP contribution is 2.24. The van der Waals surface area contributed by atoms with Crippen molar-refractivity contribution in [1.82, 2.24) is 10.6 Å². The molecule has 82 valence electrons. The van der Waals surface area contributed by atoms with E-state index in [1.165, 1.54) is 0 Å². The number of fused-ring (bicyclic) bond motifs is 1. The van der Waals surface area contributed by atoms with E-state index < -0.39 is 0 Å². The average molecular weight is 208 g/mol. The minimum absolute atomic E-state index is 0.0244. The molecule has 0 unspecified atom stereocenters. The monoisotopic (exact) mass is 208 g/mol. The summed E-state index contributed by atoms with van der Waals surface area (Å²) in [4.78, 5) is 11.8. The predicted molar refractivity (Wildman–Crippen MR) is 56.9 cm³/mol. The van der Waals surface area contributed by atoms with Crippen molar-refractivity contribution in [2.75, 3.05) is 13.1 Å². The lowest BCUT2D eigenvalue weighted by Crippen LogP contribution is -2.28. The van der Waals surface area contributed by atoms with Crippen LogP contribution in [0, 0.1) is 6.92 Å². The summed E-state index contributed by atoms with van der Waals surface area (Å²) in [6, 6.07) is 0. The zero-order chi connectivity index (χ0) is 10.8. The number of rotatable bonds is 2. The number of hydrogen-bond donors (Lipinski definition) is 2. The lowest BCUT2D eigenvalue weighted by atomic mass is 10.0. The third kappa shape index (κ3) is 1.77. The van der Waals surface area contributed by atoms with Crippen LogP contribution in [0.2, 0.25) is 0 Å².